The van der Waals surface area contributed by atoms with Crippen molar-refractivity contribution in [2.45, 2.75) is 44.6 Å². The number of carboxylic acid groups (broad SMARTS) is 1. The van der Waals surface area contributed by atoms with Crippen LogP contribution < -0.4 is 0 Å². The number of carboxylic acids is 1. The molecule has 0 aromatic rings. The van der Waals surface area contributed by atoms with Gasteiger partial charge in [-0.2, -0.15) is 0 Å². The average Bonchev–Trinajstić information content (AvgIpc) is 2.68. The van der Waals surface area contributed by atoms with Crippen molar-refractivity contribution in [2.24, 2.45) is 11.1 Å². The van der Waals surface area contributed by atoms with Crippen molar-refractivity contribution in [3.05, 3.63) is 0 Å². The maximum absolute atomic E-state index is 10.6. The first-order valence-electron chi connectivity index (χ1n) is 5.23. The van der Waals surface area contributed by atoms with Crippen LogP contribution in [0.4, 0.5) is 0 Å². The highest BCUT2D eigenvalue weighted by molar-refractivity contribution is 5.92. The van der Waals surface area contributed by atoms with Crippen LogP contribution in [0.1, 0.15) is 38.5 Å². The molecule has 0 bridgehead atoms. The van der Waals surface area contributed by atoms with Crippen LogP contribution in [0.3, 0.4) is 0 Å². The van der Waals surface area contributed by atoms with Gasteiger partial charge in [-0.25, -0.2) is 4.79 Å². The molecule has 78 valence electrons. The lowest BCUT2D eigenvalue weighted by Crippen LogP contribution is -2.23. The minimum Gasteiger partial charge on any atom is -0.478 e. The molecule has 0 aromatic carbocycles. The van der Waals surface area contributed by atoms with Gasteiger partial charge in [0.1, 0.15) is 0 Å². The Bertz CT molecular complexity index is 256. The van der Waals surface area contributed by atoms with Crippen molar-refractivity contribution in [1.29, 1.82) is 0 Å². The quantitative estimate of drug-likeness (QED) is 0.734. The normalized spacial score (nSPS) is 28.3. The Balaban J connectivity index is 1.90. The van der Waals surface area contributed by atoms with Gasteiger partial charge < -0.3 is 9.94 Å². The van der Waals surface area contributed by atoms with Gasteiger partial charge in [0.25, 0.3) is 0 Å². The number of hydrogen-bond acceptors (Lipinski definition) is 3. The van der Waals surface area contributed by atoms with Crippen molar-refractivity contribution in [1.82, 2.24) is 0 Å². The van der Waals surface area contributed by atoms with E-state index in [-0.39, 0.29) is 0 Å². The predicted octanol–water partition coefficient (Wildman–Crippen LogP) is 1.80. The van der Waals surface area contributed by atoms with Crippen LogP contribution in [0.15, 0.2) is 5.16 Å². The molecule has 0 radical (unpaired) electrons. The van der Waals surface area contributed by atoms with E-state index in [9.17, 15) is 4.79 Å². The molecule has 1 N–H and O–H groups in total. The second kappa shape index (κ2) is 3.98. The zero-order valence-electron chi connectivity index (χ0n) is 8.11. The van der Waals surface area contributed by atoms with E-state index in [4.69, 9.17) is 9.94 Å². The maximum atomic E-state index is 10.6. The smallest absolute Gasteiger partial charge is 0.348 e. The molecule has 0 amide bonds. The summed E-state index contributed by atoms with van der Waals surface area (Å²) in [6.45, 7) is 0. The number of rotatable bonds is 2. The first kappa shape index (κ1) is 9.49. The Labute approximate surface area is 82.9 Å². The van der Waals surface area contributed by atoms with Gasteiger partial charge >= 0.3 is 5.97 Å². The maximum Gasteiger partial charge on any atom is 0.348 e. The largest absolute Gasteiger partial charge is 0.478 e. The van der Waals surface area contributed by atoms with E-state index >= 15 is 0 Å². The summed E-state index contributed by atoms with van der Waals surface area (Å²) in [5, 5.41) is 12.6. The molecule has 1 unspecified atom stereocenters. The summed E-state index contributed by atoms with van der Waals surface area (Å²) in [4.78, 5) is 15.5. The Morgan fingerprint density at radius 1 is 1.36 bits per heavy atom. The number of aliphatic carboxylic acids is 1. The summed E-state index contributed by atoms with van der Waals surface area (Å²) < 4.78 is 0. The summed E-state index contributed by atoms with van der Waals surface area (Å²) in [6.07, 6.45) is 5.82. The van der Waals surface area contributed by atoms with Crippen LogP contribution in [0.5, 0.6) is 0 Å². The molecule has 1 fully saturated rings. The second-order valence-electron chi connectivity index (χ2n) is 4.05. The van der Waals surface area contributed by atoms with Gasteiger partial charge in [-0.15, -0.1) is 0 Å². The van der Waals surface area contributed by atoms with Gasteiger partial charge in [0.05, 0.1) is 5.71 Å². The zero-order valence-corrected chi connectivity index (χ0v) is 8.11. The lowest BCUT2D eigenvalue weighted by molar-refractivity contribution is -0.148. The van der Waals surface area contributed by atoms with Crippen molar-refractivity contribution < 1.29 is 14.7 Å². The molecule has 1 atom stereocenters. The van der Waals surface area contributed by atoms with E-state index in [1.54, 1.807) is 0 Å². The van der Waals surface area contributed by atoms with Crippen molar-refractivity contribution in [2.75, 3.05) is 0 Å². The Kier molecular flexibility index (Phi) is 2.70. The molecule has 2 aliphatic rings. The fraction of sp³-hybridized carbons (Fsp3) is 0.800. The third-order valence-corrected chi connectivity index (χ3v) is 3.04. The van der Waals surface area contributed by atoms with Crippen molar-refractivity contribution in [3.8, 4) is 0 Å². The van der Waals surface area contributed by atoms with Crippen molar-refractivity contribution >= 4 is 11.7 Å². The van der Waals surface area contributed by atoms with Gasteiger partial charge in [0, 0.05) is 12.3 Å². The zero-order chi connectivity index (χ0) is 9.97. The Hall–Kier alpha value is -1.06. The van der Waals surface area contributed by atoms with Crippen LogP contribution in [-0.2, 0) is 9.63 Å². The first-order valence-corrected chi connectivity index (χ1v) is 5.23. The molecule has 0 aromatic heterocycles. The lowest BCUT2D eigenvalue weighted by Gasteiger charge is -2.20. The van der Waals surface area contributed by atoms with Crippen LogP contribution in [-0.4, -0.2) is 22.9 Å². The van der Waals surface area contributed by atoms with E-state index in [0.717, 1.165) is 18.6 Å². The fourth-order valence-electron chi connectivity index (χ4n) is 2.21. The molecular weight excluding hydrogens is 182 g/mol. The predicted molar refractivity (Wildman–Crippen MR) is 51.1 cm³/mol. The van der Waals surface area contributed by atoms with Gasteiger partial charge in [0.2, 0.25) is 6.10 Å². The topological polar surface area (TPSA) is 58.9 Å². The Morgan fingerprint density at radius 2 is 2.07 bits per heavy atom. The van der Waals surface area contributed by atoms with E-state index in [2.05, 4.69) is 5.16 Å². The third-order valence-electron chi connectivity index (χ3n) is 3.04. The monoisotopic (exact) mass is 197 g/mol. The molecule has 14 heavy (non-hydrogen) atoms. The highest BCUT2D eigenvalue weighted by Crippen LogP contribution is 2.29. The molecule has 1 aliphatic heterocycles. The van der Waals surface area contributed by atoms with Gasteiger partial charge in [-0.3, -0.25) is 0 Å². The number of hydrogen-bond donors (Lipinski definition) is 1. The third kappa shape index (κ3) is 1.89. The standard InChI is InChI=1S/C10H15NO3/c12-10(13)9-6-8(11-14-9)7-4-2-1-3-5-7/h7,9H,1-6H2,(H,12,13). The highest BCUT2D eigenvalue weighted by Gasteiger charge is 2.32. The average molecular weight is 197 g/mol. The Morgan fingerprint density at radius 3 is 2.64 bits per heavy atom. The van der Waals surface area contributed by atoms with E-state index < -0.39 is 12.1 Å². The fourth-order valence-corrected chi connectivity index (χ4v) is 2.21. The van der Waals surface area contributed by atoms with Crippen LogP contribution in [0.25, 0.3) is 0 Å². The summed E-state index contributed by atoms with van der Waals surface area (Å²) in [5.41, 5.74) is 0.970. The molecule has 1 saturated carbocycles. The first-order chi connectivity index (χ1) is 6.77. The minimum absolute atomic E-state index is 0.480. The highest BCUT2D eigenvalue weighted by atomic mass is 16.7. The second-order valence-corrected chi connectivity index (χ2v) is 4.05. The summed E-state index contributed by atoms with van der Waals surface area (Å²) in [6, 6.07) is 0. The van der Waals surface area contributed by atoms with Crippen molar-refractivity contribution in [3.63, 3.8) is 0 Å². The molecule has 4 nitrogen and oxygen atoms in total. The molecule has 1 heterocycles. The number of oxime groups is 1. The molecular formula is C10H15NO3. The molecule has 0 spiro atoms. The SMILES string of the molecule is O=C(O)C1CC(C2CCCCC2)=NO1. The molecule has 2 rings (SSSR count). The van der Waals surface area contributed by atoms with Crippen LogP contribution >= 0.6 is 0 Å². The number of nitrogens with zero attached hydrogens (tertiary/aromatic N) is 1. The lowest BCUT2D eigenvalue weighted by atomic mass is 9.84. The summed E-state index contributed by atoms with van der Waals surface area (Å²) in [5.74, 6) is -0.423. The molecule has 0 saturated heterocycles. The minimum atomic E-state index is -0.903. The van der Waals surface area contributed by atoms with Gasteiger partial charge in [0.15, 0.2) is 0 Å². The van der Waals surface area contributed by atoms with E-state index in [1.165, 1.54) is 19.3 Å². The van der Waals surface area contributed by atoms with E-state index in [0.29, 0.717) is 12.3 Å². The van der Waals surface area contributed by atoms with Crippen LogP contribution in [0, 0.1) is 5.92 Å². The van der Waals surface area contributed by atoms with Gasteiger partial charge in [-0.05, 0) is 12.8 Å². The molecule has 4 heteroatoms. The summed E-state index contributed by atoms with van der Waals surface area (Å²) >= 11 is 0. The van der Waals surface area contributed by atoms with Gasteiger partial charge in [-0.1, -0.05) is 24.4 Å². The summed E-state index contributed by atoms with van der Waals surface area (Å²) in [7, 11) is 0. The molecule has 1 aliphatic carbocycles. The van der Waals surface area contributed by atoms with E-state index in [1.807, 2.05) is 0 Å². The van der Waals surface area contributed by atoms with Crippen LogP contribution in [0.2, 0.25) is 0 Å². The number of carbonyl (C=O) groups is 1.